The van der Waals surface area contributed by atoms with E-state index in [2.05, 4.69) is 25.9 Å². The van der Waals surface area contributed by atoms with Crippen LogP contribution in [0.5, 0.6) is 5.75 Å². The number of carboxylic acids is 1. The highest BCUT2D eigenvalue weighted by atomic mass is 16.5. The maximum absolute atomic E-state index is 12.3. The van der Waals surface area contributed by atoms with Gasteiger partial charge in [-0.1, -0.05) is 18.2 Å². The van der Waals surface area contributed by atoms with Gasteiger partial charge in [0.15, 0.2) is 0 Å². The van der Waals surface area contributed by atoms with Gasteiger partial charge in [-0.3, -0.25) is 4.79 Å². The number of aromatic nitrogens is 4. The first-order valence-electron chi connectivity index (χ1n) is 7.61. The van der Waals surface area contributed by atoms with Crippen molar-refractivity contribution < 1.29 is 19.4 Å². The molecule has 0 atom stereocenters. The number of hydrogen-bond acceptors (Lipinski definition) is 6. The highest BCUT2D eigenvalue weighted by Gasteiger charge is 2.15. The van der Waals surface area contributed by atoms with Crippen LogP contribution in [-0.4, -0.2) is 44.7 Å². The van der Waals surface area contributed by atoms with Gasteiger partial charge in [-0.2, -0.15) is 5.21 Å². The van der Waals surface area contributed by atoms with Crippen LogP contribution in [0.4, 0.5) is 5.69 Å². The fourth-order valence-electron chi connectivity index (χ4n) is 2.50. The molecule has 0 radical (unpaired) electrons. The molecule has 1 amide bonds. The second-order valence-electron chi connectivity index (χ2n) is 5.34. The first-order valence-corrected chi connectivity index (χ1v) is 7.61. The summed E-state index contributed by atoms with van der Waals surface area (Å²) < 4.78 is 5.27. The van der Waals surface area contributed by atoms with E-state index in [0.717, 1.165) is 0 Å². The van der Waals surface area contributed by atoms with Crippen molar-refractivity contribution in [2.45, 2.75) is 6.42 Å². The van der Waals surface area contributed by atoms with E-state index < -0.39 is 5.97 Å². The van der Waals surface area contributed by atoms with Crippen molar-refractivity contribution in [2.24, 2.45) is 0 Å². The number of amides is 1. The first kappa shape index (κ1) is 17.1. The van der Waals surface area contributed by atoms with E-state index in [1.807, 2.05) is 0 Å². The summed E-state index contributed by atoms with van der Waals surface area (Å²) >= 11 is 0. The molecule has 9 nitrogen and oxygen atoms in total. The summed E-state index contributed by atoms with van der Waals surface area (Å²) in [4.78, 5) is 23.6. The molecule has 0 spiro atoms. The van der Waals surface area contributed by atoms with E-state index in [1.54, 1.807) is 36.4 Å². The van der Waals surface area contributed by atoms with Gasteiger partial charge in [0.2, 0.25) is 11.7 Å². The Hall–Kier alpha value is -3.75. The molecule has 0 aliphatic carbocycles. The minimum absolute atomic E-state index is 0.0634. The van der Waals surface area contributed by atoms with Gasteiger partial charge in [-0.05, 0) is 35.0 Å². The van der Waals surface area contributed by atoms with Crippen molar-refractivity contribution in [1.82, 2.24) is 20.6 Å². The number of carboxylic acid groups (broad SMARTS) is 1. The fourth-order valence-corrected chi connectivity index (χ4v) is 2.50. The third kappa shape index (κ3) is 3.66. The Morgan fingerprint density at radius 2 is 2.04 bits per heavy atom. The summed E-state index contributed by atoms with van der Waals surface area (Å²) in [6.07, 6.45) is -0.0634. The van der Waals surface area contributed by atoms with E-state index in [4.69, 9.17) is 4.74 Å². The van der Waals surface area contributed by atoms with E-state index in [1.165, 1.54) is 13.2 Å². The van der Waals surface area contributed by atoms with Crippen LogP contribution in [0.1, 0.15) is 15.9 Å². The van der Waals surface area contributed by atoms with Crippen molar-refractivity contribution in [3.8, 4) is 17.1 Å². The molecule has 0 saturated carbocycles. The van der Waals surface area contributed by atoms with E-state index >= 15 is 0 Å². The molecule has 0 aliphatic heterocycles. The maximum Gasteiger partial charge on any atom is 0.335 e. The molecule has 26 heavy (non-hydrogen) atoms. The van der Waals surface area contributed by atoms with Gasteiger partial charge in [0.25, 0.3) is 0 Å². The molecule has 3 N–H and O–H groups in total. The Balaban J connectivity index is 1.80. The number of nitrogens with one attached hydrogen (secondary N) is 2. The van der Waals surface area contributed by atoms with Crippen molar-refractivity contribution in [2.75, 3.05) is 12.4 Å². The molecule has 9 heteroatoms. The zero-order valence-corrected chi connectivity index (χ0v) is 13.8. The Labute approximate surface area is 148 Å². The summed E-state index contributed by atoms with van der Waals surface area (Å²) in [5.74, 6) is -0.560. The molecule has 1 aromatic heterocycles. The van der Waals surface area contributed by atoms with Gasteiger partial charge >= 0.3 is 5.97 Å². The summed E-state index contributed by atoms with van der Waals surface area (Å²) in [6.45, 7) is 0. The van der Waals surface area contributed by atoms with Gasteiger partial charge in [0.05, 0.1) is 24.7 Å². The van der Waals surface area contributed by atoms with Crippen LogP contribution >= 0.6 is 0 Å². The number of nitrogens with zero attached hydrogens (tertiary/aromatic N) is 3. The fraction of sp³-hybridized carbons (Fsp3) is 0.118. The minimum atomic E-state index is -1.07. The Morgan fingerprint density at radius 1 is 1.23 bits per heavy atom. The average Bonchev–Trinajstić information content (AvgIpc) is 3.16. The number of carbonyl (C=O) groups is 2. The lowest BCUT2D eigenvalue weighted by Gasteiger charge is -2.10. The third-order valence-electron chi connectivity index (χ3n) is 3.67. The van der Waals surface area contributed by atoms with Gasteiger partial charge in [0.1, 0.15) is 5.75 Å². The SMILES string of the molecule is COc1ccc(NC(=O)Cc2ccccc2C(=O)O)cc1-c1nn[nH]n1. The number of H-pyrrole nitrogens is 1. The number of ether oxygens (including phenoxy) is 1. The number of benzene rings is 2. The van der Waals surface area contributed by atoms with Gasteiger partial charge in [-0.25, -0.2) is 4.79 Å². The predicted molar refractivity (Wildman–Crippen MR) is 91.9 cm³/mol. The molecule has 2 aromatic carbocycles. The van der Waals surface area contributed by atoms with Crippen LogP contribution in [0.25, 0.3) is 11.4 Å². The molecular formula is C17H15N5O4. The Morgan fingerprint density at radius 3 is 2.73 bits per heavy atom. The highest BCUT2D eigenvalue weighted by Crippen LogP contribution is 2.29. The lowest BCUT2D eigenvalue weighted by molar-refractivity contribution is -0.115. The normalized spacial score (nSPS) is 10.3. The zero-order chi connectivity index (χ0) is 18.5. The average molecular weight is 353 g/mol. The molecule has 0 bridgehead atoms. The van der Waals surface area contributed by atoms with E-state index in [-0.39, 0.29) is 17.9 Å². The van der Waals surface area contributed by atoms with Gasteiger partial charge < -0.3 is 15.2 Å². The number of methoxy groups -OCH3 is 1. The van der Waals surface area contributed by atoms with Gasteiger partial charge in [-0.15, -0.1) is 10.2 Å². The van der Waals surface area contributed by atoms with Crippen molar-refractivity contribution in [3.63, 3.8) is 0 Å². The Bertz CT molecular complexity index is 940. The molecule has 0 saturated heterocycles. The van der Waals surface area contributed by atoms with Crippen molar-refractivity contribution >= 4 is 17.6 Å². The standard InChI is InChI=1S/C17H15N5O4/c1-26-14-7-6-11(9-13(14)16-19-21-22-20-16)18-15(23)8-10-4-2-3-5-12(10)17(24)25/h2-7,9H,8H2,1H3,(H,18,23)(H,24,25)(H,19,20,21,22). The lowest BCUT2D eigenvalue weighted by atomic mass is 10.0. The van der Waals surface area contributed by atoms with Crippen LogP contribution in [0.2, 0.25) is 0 Å². The molecule has 3 rings (SSSR count). The smallest absolute Gasteiger partial charge is 0.335 e. The number of rotatable bonds is 6. The molecule has 0 unspecified atom stereocenters. The molecule has 132 valence electrons. The van der Waals surface area contributed by atoms with Crippen LogP contribution in [0, 0.1) is 0 Å². The second kappa shape index (κ2) is 7.43. The molecule has 1 heterocycles. The lowest BCUT2D eigenvalue weighted by Crippen LogP contribution is -2.16. The Kier molecular flexibility index (Phi) is 4.88. The van der Waals surface area contributed by atoms with Gasteiger partial charge in [0, 0.05) is 5.69 Å². The number of aromatic amines is 1. The predicted octanol–water partition coefficient (Wildman–Crippen LogP) is 1.75. The van der Waals surface area contributed by atoms with Crippen LogP contribution < -0.4 is 10.1 Å². The van der Waals surface area contributed by atoms with Crippen molar-refractivity contribution in [3.05, 3.63) is 53.6 Å². The monoisotopic (exact) mass is 353 g/mol. The number of aromatic carboxylic acids is 1. The quantitative estimate of drug-likeness (QED) is 0.615. The topological polar surface area (TPSA) is 130 Å². The number of hydrogen-bond donors (Lipinski definition) is 3. The van der Waals surface area contributed by atoms with E-state index in [9.17, 15) is 14.7 Å². The molecule has 0 aliphatic rings. The zero-order valence-electron chi connectivity index (χ0n) is 13.8. The molecule has 0 fully saturated rings. The molecule has 3 aromatic rings. The first-order chi connectivity index (χ1) is 12.6. The largest absolute Gasteiger partial charge is 0.496 e. The molecular weight excluding hydrogens is 338 g/mol. The van der Waals surface area contributed by atoms with Crippen LogP contribution in [0.15, 0.2) is 42.5 Å². The minimum Gasteiger partial charge on any atom is -0.496 e. The maximum atomic E-state index is 12.3. The summed E-state index contributed by atoms with van der Waals surface area (Å²) in [5.41, 5.74) is 1.60. The van der Waals surface area contributed by atoms with Crippen molar-refractivity contribution in [1.29, 1.82) is 0 Å². The van der Waals surface area contributed by atoms with Crippen LogP contribution in [0.3, 0.4) is 0 Å². The second-order valence-corrected chi connectivity index (χ2v) is 5.34. The summed E-state index contributed by atoms with van der Waals surface area (Å²) in [7, 11) is 1.51. The number of anilines is 1. The number of carbonyl (C=O) groups excluding carboxylic acids is 1. The van der Waals surface area contributed by atoms with E-state index in [0.29, 0.717) is 28.4 Å². The summed E-state index contributed by atoms with van der Waals surface area (Å²) in [6, 6.07) is 11.4. The van der Waals surface area contributed by atoms with Crippen LogP contribution in [-0.2, 0) is 11.2 Å². The highest BCUT2D eigenvalue weighted by molar-refractivity contribution is 5.96. The third-order valence-corrected chi connectivity index (χ3v) is 3.67. The summed E-state index contributed by atoms with van der Waals surface area (Å²) in [5, 5.41) is 25.6. The number of tetrazole rings is 1.